The van der Waals surface area contributed by atoms with Crippen LogP contribution in [0, 0.1) is 0 Å². The fourth-order valence-electron chi connectivity index (χ4n) is 1.93. The summed E-state index contributed by atoms with van der Waals surface area (Å²) in [6.07, 6.45) is 5.57. The van der Waals surface area contributed by atoms with Crippen LogP contribution >= 0.6 is 12.4 Å². The predicted octanol–water partition coefficient (Wildman–Crippen LogP) is 2.01. The number of anilines is 1. The van der Waals surface area contributed by atoms with Crippen LogP contribution in [0.3, 0.4) is 0 Å². The third-order valence-corrected chi connectivity index (χ3v) is 3.80. The second-order valence-corrected chi connectivity index (χ2v) is 7.12. The number of carbonyl (C=O) groups excluding carboxylic acids is 1. The van der Waals surface area contributed by atoms with Crippen LogP contribution in [-0.2, 0) is 21.4 Å². The summed E-state index contributed by atoms with van der Waals surface area (Å²) < 4.78 is 24.4. The van der Waals surface area contributed by atoms with Crippen molar-refractivity contribution >= 4 is 34.0 Å². The van der Waals surface area contributed by atoms with Gasteiger partial charge in [-0.05, 0) is 37.1 Å². The standard InChI is InChI=1S/C15H25N3O3S.ClH/c1-22(20,21)17-12-13-7-9-14(10-8-13)18-15(19)6-4-2-3-5-11-16;/h7-10,17H,2-6,11-12,16H2,1H3,(H,18,19);1H. The Bertz CT molecular complexity index is 562. The number of sulfonamides is 1. The van der Waals surface area contributed by atoms with E-state index in [0.717, 1.165) is 43.2 Å². The predicted molar refractivity (Wildman–Crippen MR) is 96.1 cm³/mol. The maximum Gasteiger partial charge on any atom is 0.224 e. The Morgan fingerprint density at radius 1 is 1.09 bits per heavy atom. The molecule has 132 valence electrons. The van der Waals surface area contributed by atoms with Crippen molar-refractivity contribution in [1.29, 1.82) is 0 Å². The molecule has 0 aliphatic heterocycles. The van der Waals surface area contributed by atoms with Gasteiger partial charge in [-0.15, -0.1) is 12.4 Å². The summed E-state index contributed by atoms with van der Waals surface area (Å²) in [5.41, 5.74) is 6.97. The van der Waals surface area contributed by atoms with Crippen LogP contribution in [0.5, 0.6) is 0 Å². The lowest BCUT2D eigenvalue weighted by atomic mass is 10.1. The van der Waals surface area contributed by atoms with Gasteiger partial charge in [0.15, 0.2) is 0 Å². The van der Waals surface area contributed by atoms with E-state index in [4.69, 9.17) is 5.73 Å². The topological polar surface area (TPSA) is 101 Å². The van der Waals surface area contributed by atoms with Gasteiger partial charge in [0.1, 0.15) is 0 Å². The molecule has 0 saturated carbocycles. The van der Waals surface area contributed by atoms with Gasteiger partial charge in [-0.2, -0.15) is 0 Å². The van der Waals surface area contributed by atoms with Crippen LogP contribution in [0.15, 0.2) is 24.3 Å². The molecule has 0 aliphatic carbocycles. The van der Waals surface area contributed by atoms with Crippen molar-refractivity contribution in [2.24, 2.45) is 5.73 Å². The average molecular weight is 364 g/mol. The first kappa shape index (κ1) is 21.9. The van der Waals surface area contributed by atoms with Gasteiger partial charge in [0.25, 0.3) is 0 Å². The summed E-state index contributed by atoms with van der Waals surface area (Å²) in [6, 6.07) is 7.11. The largest absolute Gasteiger partial charge is 0.330 e. The van der Waals surface area contributed by atoms with Crippen molar-refractivity contribution in [3.8, 4) is 0 Å². The van der Waals surface area contributed by atoms with Gasteiger partial charge in [0.05, 0.1) is 6.26 Å². The fraction of sp³-hybridized carbons (Fsp3) is 0.533. The summed E-state index contributed by atoms with van der Waals surface area (Å²) in [6.45, 7) is 0.945. The Morgan fingerprint density at radius 3 is 2.26 bits per heavy atom. The molecular weight excluding hydrogens is 338 g/mol. The average Bonchev–Trinajstić information content (AvgIpc) is 2.45. The molecule has 0 aliphatic rings. The molecule has 8 heteroatoms. The molecule has 0 saturated heterocycles. The first-order valence-corrected chi connectivity index (χ1v) is 9.33. The first-order chi connectivity index (χ1) is 10.4. The minimum atomic E-state index is -3.20. The van der Waals surface area contributed by atoms with E-state index in [1.807, 2.05) is 0 Å². The zero-order valence-electron chi connectivity index (χ0n) is 13.4. The Labute approximate surface area is 144 Å². The molecular formula is C15H26ClN3O3S. The van der Waals surface area contributed by atoms with Gasteiger partial charge >= 0.3 is 0 Å². The number of rotatable bonds is 10. The Kier molecular flexibility index (Phi) is 10.8. The molecule has 0 radical (unpaired) electrons. The molecule has 0 bridgehead atoms. The van der Waals surface area contributed by atoms with E-state index < -0.39 is 10.0 Å². The van der Waals surface area contributed by atoms with Crippen molar-refractivity contribution in [3.63, 3.8) is 0 Å². The zero-order chi connectivity index (χ0) is 16.4. The number of nitrogens with two attached hydrogens (primary N) is 1. The normalized spacial score (nSPS) is 10.9. The highest BCUT2D eigenvalue weighted by Crippen LogP contribution is 2.11. The Hall–Kier alpha value is -1.15. The summed E-state index contributed by atoms with van der Waals surface area (Å²) in [5, 5.41) is 2.83. The highest BCUT2D eigenvalue weighted by molar-refractivity contribution is 7.88. The van der Waals surface area contributed by atoms with Gasteiger partial charge in [0, 0.05) is 18.7 Å². The summed E-state index contributed by atoms with van der Waals surface area (Å²) >= 11 is 0. The van der Waals surface area contributed by atoms with E-state index in [0.29, 0.717) is 13.0 Å². The minimum Gasteiger partial charge on any atom is -0.330 e. The molecule has 6 nitrogen and oxygen atoms in total. The van der Waals surface area contributed by atoms with Crippen LogP contribution < -0.4 is 15.8 Å². The monoisotopic (exact) mass is 363 g/mol. The third-order valence-electron chi connectivity index (χ3n) is 3.13. The molecule has 0 fully saturated rings. The summed E-state index contributed by atoms with van der Waals surface area (Å²) in [5.74, 6) is -0.00485. The molecule has 0 atom stereocenters. The number of benzene rings is 1. The van der Waals surface area contributed by atoms with Crippen LogP contribution in [0.4, 0.5) is 5.69 Å². The molecule has 1 aromatic rings. The smallest absolute Gasteiger partial charge is 0.224 e. The Morgan fingerprint density at radius 2 is 1.70 bits per heavy atom. The van der Waals surface area contributed by atoms with Gasteiger partial charge in [-0.25, -0.2) is 13.1 Å². The number of unbranched alkanes of at least 4 members (excludes halogenated alkanes) is 3. The Balaban J connectivity index is 0.00000484. The lowest BCUT2D eigenvalue weighted by Crippen LogP contribution is -2.21. The van der Waals surface area contributed by atoms with E-state index in [1.165, 1.54) is 0 Å². The molecule has 1 rings (SSSR count). The first-order valence-electron chi connectivity index (χ1n) is 7.44. The molecule has 1 aromatic carbocycles. The molecule has 0 heterocycles. The van der Waals surface area contributed by atoms with Crippen molar-refractivity contribution < 1.29 is 13.2 Å². The molecule has 4 N–H and O–H groups in total. The lowest BCUT2D eigenvalue weighted by Gasteiger charge is -2.07. The third kappa shape index (κ3) is 11.1. The molecule has 23 heavy (non-hydrogen) atoms. The zero-order valence-corrected chi connectivity index (χ0v) is 15.0. The number of amides is 1. The lowest BCUT2D eigenvalue weighted by molar-refractivity contribution is -0.116. The maximum atomic E-state index is 11.8. The SMILES string of the molecule is CS(=O)(=O)NCc1ccc(NC(=O)CCCCCCN)cc1.Cl. The minimum absolute atomic E-state index is 0. The van der Waals surface area contributed by atoms with Crippen molar-refractivity contribution in [2.45, 2.75) is 38.6 Å². The van der Waals surface area contributed by atoms with Crippen molar-refractivity contribution in [2.75, 3.05) is 18.1 Å². The van der Waals surface area contributed by atoms with Gasteiger partial charge in [-0.3, -0.25) is 4.79 Å². The summed E-state index contributed by atoms with van der Waals surface area (Å²) in [4.78, 5) is 11.8. The van der Waals surface area contributed by atoms with Gasteiger partial charge < -0.3 is 11.1 Å². The van der Waals surface area contributed by atoms with E-state index >= 15 is 0 Å². The van der Waals surface area contributed by atoms with E-state index in [1.54, 1.807) is 24.3 Å². The highest BCUT2D eigenvalue weighted by atomic mass is 35.5. The van der Waals surface area contributed by atoms with Crippen LogP contribution in [0.1, 0.15) is 37.7 Å². The molecule has 0 spiro atoms. The van der Waals surface area contributed by atoms with Crippen LogP contribution in [-0.4, -0.2) is 27.1 Å². The van der Waals surface area contributed by atoms with E-state index in [-0.39, 0.29) is 24.9 Å². The number of nitrogens with one attached hydrogen (secondary N) is 2. The number of carbonyl (C=O) groups is 1. The number of hydrogen-bond acceptors (Lipinski definition) is 4. The summed E-state index contributed by atoms with van der Waals surface area (Å²) in [7, 11) is -3.20. The number of hydrogen-bond donors (Lipinski definition) is 3. The second-order valence-electron chi connectivity index (χ2n) is 5.29. The fourth-order valence-corrected chi connectivity index (χ4v) is 2.36. The van der Waals surface area contributed by atoms with Gasteiger partial charge in [0.2, 0.25) is 15.9 Å². The van der Waals surface area contributed by atoms with Crippen molar-refractivity contribution in [3.05, 3.63) is 29.8 Å². The quantitative estimate of drug-likeness (QED) is 0.553. The molecule has 0 aromatic heterocycles. The van der Waals surface area contributed by atoms with Crippen LogP contribution in [0.25, 0.3) is 0 Å². The molecule has 1 amide bonds. The van der Waals surface area contributed by atoms with Crippen molar-refractivity contribution in [1.82, 2.24) is 4.72 Å². The maximum absolute atomic E-state index is 11.8. The van der Waals surface area contributed by atoms with Crippen LogP contribution in [0.2, 0.25) is 0 Å². The highest BCUT2D eigenvalue weighted by Gasteiger charge is 2.04. The van der Waals surface area contributed by atoms with Gasteiger partial charge in [-0.1, -0.05) is 25.0 Å². The second kappa shape index (κ2) is 11.4. The molecule has 0 unspecified atom stereocenters. The van der Waals surface area contributed by atoms with E-state index in [2.05, 4.69) is 10.0 Å². The van der Waals surface area contributed by atoms with E-state index in [9.17, 15) is 13.2 Å². The number of halogens is 1.